The molecule has 1 heteroatoms. The number of rotatable bonds is 2. The van der Waals surface area contributed by atoms with Gasteiger partial charge in [0.25, 0.3) is 0 Å². The highest BCUT2D eigenvalue weighted by Crippen LogP contribution is 2.62. The Morgan fingerprint density at radius 3 is 2.38 bits per heavy atom. The van der Waals surface area contributed by atoms with E-state index in [1.807, 2.05) is 0 Å². The average molecular weight is 175 g/mol. The largest absolute Gasteiger partial charge is 0.193 e. The molecule has 1 fully saturated rings. The summed E-state index contributed by atoms with van der Waals surface area (Å²) in [5.41, 5.74) is 2.29. The van der Waals surface area contributed by atoms with Gasteiger partial charge in [0.1, 0.15) is 0 Å². The molecule has 0 saturated heterocycles. The van der Waals surface area contributed by atoms with E-state index in [-0.39, 0.29) is 5.41 Å². The van der Waals surface area contributed by atoms with Crippen LogP contribution in [0.4, 0.5) is 0 Å². The van der Waals surface area contributed by atoms with Crippen molar-refractivity contribution in [1.82, 2.24) is 0 Å². The van der Waals surface area contributed by atoms with Gasteiger partial charge in [-0.25, -0.2) is 0 Å². The van der Waals surface area contributed by atoms with E-state index in [2.05, 4.69) is 46.4 Å². The van der Waals surface area contributed by atoms with Crippen molar-refractivity contribution in [2.75, 3.05) is 0 Å². The Morgan fingerprint density at radius 1 is 1.46 bits per heavy atom. The van der Waals surface area contributed by atoms with Crippen molar-refractivity contribution in [3.05, 3.63) is 23.8 Å². The van der Waals surface area contributed by atoms with E-state index in [0.717, 1.165) is 5.57 Å². The molecule has 0 aromatic heterocycles. The average Bonchev–Trinajstić information content (AvgIpc) is 2.51. The number of allylic oxidation sites excluding steroid dienone is 3. The summed E-state index contributed by atoms with van der Waals surface area (Å²) in [5.74, 6) is 0.886. The topological polar surface area (TPSA) is 23.8 Å². The number of hydrogen-bond acceptors (Lipinski definition) is 1. The normalized spacial score (nSPS) is 28.8. The molecule has 0 radical (unpaired) electrons. The van der Waals surface area contributed by atoms with Crippen molar-refractivity contribution in [3.8, 4) is 6.07 Å². The van der Waals surface area contributed by atoms with Gasteiger partial charge in [0.2, 0.25) is 0 Å². The first-order chi connectivity index (χ1) is 5.91. The fourth-order valence-electron chi connectivity index (χ4n) is 2.08. The van der Waals surface area contributed by atoms with E-state index in [0.29, 0.717) is 11.8 Å². The van der Waals surface area contributed by atoms with Crippen molar-refractivity contribution in [2.24, 2.45) is 17.3 Å². The van der Waals surface area contributed by atoms with E-state index < -0.39 is 0 Å². The van der Waals surface area contributed by atoms with Crippen molar-refractivity contribution in [1.29, 1.82) is 5.26 Å². The van der Waals surface area contributed by atoms with Crippen molar-refractivity contribution >= 4 is 0 Å². The lowest BCUT2D eigenvalue weighted by atomic mass is 10.1. The Bertz CT molecular complexity index is 298. The molecule has 0 aromatic rings. The van der Waals surface area contributed by atoms with Gasteiger partial charge >= 0.3 is 0 Å². The molecular weight excluding hydrogens is 158 g/mol. The third-order valence-corrected chi connectivity index (χ3v) is 2.94. The van der Waals surface area contributed by atoms with E-state index in [1.165, 1.54) is 5.57 Å². The smallest absolute Gasteiger partial charge is 0.0944 e. The second-order valence-electron chi connectivity index (χ2n) is 4.71. The maximum Gasteiger partial charge on any atom is 0.0944 e. The summed E-state index contributed by atoms with van der Waals surface area (Å²) in [6.45, 7) is 12.4. The van der Waals surface area contributed by atoms with Crippen LogP contribution in [0.3, 0.4) is 0 Å². The maximum atomic E-state index is 8.76. The van der Waals surface area contributed by atoms with Crippen LogP contribution in [0.25, 0.3) is 0 Å². The molecule has 0 amide bonds. The molecule has 0 N–H and O–H groups in total. The standard InChI is InChI=1S/C12H17N/c1-8(2)6-10-11(9(3)7-13)12(10,4)5/h6,10-11H,3H2,1-2,4-5H3. The minimum absolute atomic E-state index is 0.240. The first-order valence-electron chi connectivity index (χ1n) is 4.65. The monoisotopic (exact) mass is 175 g/mol. The van der Waals surface area contributed by atoms with Gasteiger partial charge in [-0.3, -0.25) is 0 Å². The quantitative estimate of drug-likeness (QED) is 0.466. The Hall–Kier alpha value is -1.03. The fourth-order valence-corrected chi connectivity index (χ4v) is 2.08. The molecular formula is C12H17N. The van der Waals surface area contributed by atoms with E-state index in [9.17, 15) is 0 Å². The highest BCUT2D eigenvalue weighted by molar-refractivity contribution is 5.34. The summed E-state index contributed by atoms with van der Waals surface area (Å²) in [5, 5.41) is 8.76. The van der Waals surface area contributed by atoms with E-state index in [1.54, 1.807) is 0 Å². The summed E-state index contributed by atoms with van der Waals surface area (Å²) in [7, 11) is 0. The summed E-state index contributed by atoms with van der Waals surface area (Å²) in [4.78, 5) is 0. The summed E-state index contributed by atoms with van der Waals surface area (Å²) in [6, 6.07) is 2.16. The van der Waals surface area contributed by atoms with Crippen LogP contribution in [0.2, 0.25) is 0 Å². The van der Waals surface area contributed by atoms with E-state index in [4.69, 9.17) is 5.26 Å². The van der Waals surface area contributed by atoms with Crippen LogP contribution >= 0.6 is 0 Å². The highest BCUT2D eigenvalue weighted by Gasteiger charge is 2.57. The van der Waals surface area contributed by atoms with Gasteiger partial charge in [-0.2, -0.15) is 5.26 Å². The molecule has 2 atom stereocenters. The predicted octanol–water partition coefficient (Wildman–Crippen LogP) is 3.30. The molecule has 1 rings (SSSR count). The summed E-state index contributed by atoms with van der Waals surface area (Å²) >= 11 is 0. The summed E-state index contributed by atoms with van der Waals surface area (Å²) < 4.78 is 0. The minimum atomic E-state index is 0.240. The van der Waals surface area contributed by atoms with Crippen LogP contribution in [0.5, 0.6) is 0 Å². The van der Waals surface area contributed by atoms with Crippen LogP contribution in [0.1, 0.15) is 27.7 Å². The molecule has 1 nitrogen and oxygen atoms in total. The van der Waals surface area contributed by atoms with Gasteiger partial charge in [-0.15, -0.1) is 0 Å². The van der Waals surface area contributed by atoms with Gasteiger partial charge in [-0.05, 0) is 25.2 Å². The van der Waals surface area contributed by atoms with Crippen molar-refractivity contribution in [2.45, 2.75) is 27.7 Å². The molecule has 13 heavy (non-hydrogen) atoms. The second kappa shape index (κ2) is 3.03. The van der Waals surface area contributed by atoms with Crippen LogP contribution in [-0.2, 0) is 0 Å². The van der Waals surface area contributed by atoms with Gasteiger partial charge in [0.05, 0.1) is 6.07 Å². The number of nitriles is 1. The first-order valence-corrected chi connectivity index (χ1v) is 4.65. The Morgan fingerprint density at radius 2 is 2.00 bits per heavy atom. The van der Waals surface area contributed by atoms with Gasteiger partial charge in [0.15, 0.2) is 0 Å². The lowest BCUT2D eigenvalue weighted by Gasteiger charge is -1.98. The van der Waals surface area contributed by atoms with Crippen molar-refractivity contribution in [3.63, 3.8) is 0 Å². The second-order valence-corrected chi connectivity index (χ2v) is 4.71. The Kier molecular flexibility index (Phi) is 2.34. The molecule has 1 saturated carbocycles. The molecule has 1 aliphatic carbocycles. The van der Waals surface area contributed by atoms with Crippen LogP contribution in [-0.4, -0.2) is 0 Å². The Balaban J connectivity index is 2.79. The molecule has 0 aromatic carbocycles. The zero-order chi connectivity index (χ0) is 10.2. The van der Waals surface area contributed by atoms with Crippen LogP contribution < -0.4 is 0 Å². The zero-order valence-electron chi connectivity index (χ0n) is 8.89. The van der Waals surface area contributed by atoms with Crippen LogP contribution in [0, 0.1) is 28.6 Å². The molecule has 0 spiro atoms. The molecule has 0 heterocycles. The minimum Gasteiger partial charge on any atom is -0.193 e. The lowest BCUT2D eigenvalue weighted by molar-refractivity contribution is 0.581. The van der Waals surface area contributed by atoms with E-state index >= 15 is 0 Å². The molecule has 0 bridgehead atoms. The third kappa shape index (κ3) is 1.67. The maximum absolute atomic E-state index is 8.76. The molecule has 70 valence electrons. The molecule has 2 unspecified atom stereocenters. The Labute approximate surface area is 80.8 Å². The zero-order valence-corrected chi connectivity index (χ0v) is 8.89. The number of nitrogens with zero attached hydrogens (tertiary/aromatic N) is 1. The molecule has 0 aliphatic heterocycles. The molecule has 1 aliphatic rings. The first kappa shape index (κ1) is 10.1. The van der Waals surface area contributed by atoms with Crippen LogP contribution in [0.15, 0.2) is 23.8 Å². The third-order valence-electron chi connectivity index (χ3n) is 2.94. The fraction of sp³-hybridized carbons (Fsp3) is 0.583. The number of hydrogen-bond donors (Lipinski definition) is 0. The van der Waals surface area contributed by atoms with Crippen molar-refractivity contribution < 1.29 is 0 Å². The van der Waals surface area contributed by atoms with Gasteiger partial charge < -0.3 is 0 Å². The van der Waals surface area contributed by atoms with Gasteiger partial charge in [-0.1, -0.05) is 32.1 Å². The predicted molar refractivity (Wildman–Crippen MR) is 54.9 cm³/mol. The SMILES string of the molecule is C=C(C#N)C1C(C=C(C)C)C1(C)C. The highest BCUT2D eigenvalue weighted by atomic mass is 14.6. The lowest BCUT2D eigenvalue weighted by Crippen LogP contribution is -1.91. The summed E-state index contributed by atoms with van der Waals surface area (Å²) in [6.07, 6.45) is 2.26. The van der Waals surface area contributed by atoms with Gasteiger partial charge in [0, 0.05) is 11.5 Å².